The van der Waals surface area contributed by atoms with Gasteiger partial charge in [0.05, 0.1) is 5.56 Å². The lowest BCUT2D eigenvalue weighted by molar-refractivity contribution is -0.138. The first-order chi connectivity index (χ1) is 16.6. The number of carboxylic acid groups (broad SMARTS) is 1. The van der Waals surface area contributed by atoms with E-state index in [1.165, 1.54) is 30.3 Å². The standard InChI is InChI=1S/C28H25F3O4/c1-2-3-4-24(21-6-5-18(11-16-26(34)35)25(17-21)28(29,30)31)27(19-7-12-22(32)13-8-19)20-9-14-23(33)15-10-20/h5-17,32-33H,2-4H2,1H3,(H,34,35). The van der Waals surface area contributed by atoms with Crippen molar-refractivity contribution in [2.45, 2.75) is 32.4 Å². The Morgan fingerprint density at radius 1 is 0.857 bits per heavy atom. The lowest BCUT2D eigenvalue weighted by Crippen LogP contribution is -2.09. The number of aliphatic carboxylic acids is 1. The second-order valence-electron chi connectivity index (χ2n) is 8.02. The number of aromatic hydroxyl groups is 2. The first kappa shape index (κ1) is 25.6. The highest BCUT2D eigenvalue weighted by atomic mass is 19.4. The van der Waals surface area contributed by atoms with Crippen molar-refractivity contribution in [2.75, 3.05) is 0 Å². The zero-order valence-electron chi connectivity index (χ0n) is 19.0. The summed E-state index contributed by atoms with van der Waals surface area (Å²) < 4.78 is 41.9. The zero-order chi connectivity index (χ0) is 25.6. The third-order valence-corrected chi connectivity index (χ3v) is 5.51. The minimum atomic E-state index is -4.69. The van der Waals surface area contributed by atoms with Crippen LogP contribution in [0.15, 0.2) is 72.8 Å². The van der Waals surface area contributed by atoms with Gasteiger partial charge >= 0.3 is 12.1 Å². The van der Waals surface area contributed by atoms with Gasteiger partial charge in [0, 0.05) is 6.08 Å². The minimum Gasteiger partial charge on any atom is -0.508 e. The number of halogens is 3. The molecule has 35 heavy (non-hydrogen) atoms. The predicted molar refractivity (Wildman–Crippen MR) is 130 cm³/mol. The van der Waals surface area contributed by atoms with Crippen molar-refractivity contribution in [2.24, 2.45) is 0 Å². The molecule has 0 heterocycles. The average molecular weight is 482 g/mol. The molecule has 3 aromatic carbocycles. The van der Waals surface area contributed by atoms with Gasteiger partial charge in [-0.05, 0) is 82.6 Å². The Balaban J connectivity index is 2.33. The third kappa shape index (κ3) is 6.53. The number of unbranched alkanes of at least 4 members (excludes halogenated alkanes) is 1. The van der Waals surface area contributed by atoms with Crippen molar-refractivity contribution >= 4 is 23.2 Å². The van der Waals surface area contributed by atoms with Crippen molar-refractivity contribution in [1.82, 2.24) is 0 Å². The fraction of sp³-hybridized carbons (Fsp3) is 0.179. The van der Waals surface area contributed by atoms with Crippen molar-refractivity contribution < 1.29 is 33.3 Å². The molecule has 0 aliphatic carbocycles. The molecule has 0 aliphatic rings. The molecule has 0 atom stereocenters. The number of hydrogen-bond acceptors (Lipinski definition) is 3. The number of phenolic OH excluding ortho intramolecular Hbond substituents is 2. The molecule has 3 aromatic rings. The van der Waals surface area contributed by atoms with Gasteiger partial charge in [0.25, 0.3) is 0 Å². The van der Waals surface area contributed by atoms with E-state index < -0.39 is 17.7 Å². The summed E-state index contributed by atoms with van der Waals surface area (Å²) in [7, 11) is 0. The first-order valence-electron chi connectivity index (χ1n) is 11.0. The SMILES string of the molecule is CCCCC(=C(c1ccc(O)cc1)c1ccc(O)cc1)c1ccc(C=CC(=O)O)c(C(F)(F)F)c1. The zero-order valence-corrected chi connectivity index (χ0v) is 19.0. The Bertz CT molecular complexity index is 1190. The van der Waals surface area contributed by atoms with Crippen LogP contribution in [0.2, 0.25) is 0 Å². The van der Waals surface area contributed by atoms with E-state index in [4.69, 9.17) is 5.11 Å². The summed E-state index contributed by atoms with van der Waals surface area (Å²) in [6.07, 6.45) is -1.07. The molecule has 3 rings (SSSR count). The summed E-state index contributed by atoms with van der Waals surface area (Å²) in [6, 6.07) is 16.7. The van der Waals surface area contributed by atoms with Gasteiger partial charge in [-0.1, -0.05) is 49.7 Å². The fourth-order valence-electron chi connectivity index (χ4n) is 3.83. The summed E-state index contributed by atoms with van der Waals surface area (Å²) in [5, 5.41) is 28.4. The van der Waals surface area contributed by atoms with E-state index >= 15 is 0 Å². The topological polar surface area (TPSA) is 77.8 Å². The van der Waals surface area contributed by atoms with Crippen LogP contribution in [-0.4, -0.2) is 21.3 Å². The molecule has 0 aromatic heterocycles. The van der Waals surface area contributed by atoms with Crippen LogP contribution >= 0.6 is 0 Å². The normalized spacial score (nSPS) is 11.5. The van der Waals surface area contributed by atoms with Crippen LogP contribution in [0.25, 0.3) is 17.2 Å². The Hall–Kier alpha value is -4.00. The number of alkyl halides is 3. The van der Waals surface area contributed by atoms with Crippen molar-refractivity contribution in [3.05, 3.63) is 101 Å². The number of phenols is 2. The van der Waals surface area contributed by atoms with Gasteiger partial charge in [0.2, 0.25) is 0 Å². The summed E-state index contributed by atoms with van der Waals surface area (Å²) in [6.45, 7) is 1.99. The van der Waals surface area contributed by atoms with Crippen LogP contribution in [0.1, 0.15) is 54.0 Å². The monoisotopic (exact) mass is 482 g/mol. The van der Waals surface area contributed by atoms with Gasteiger partial charge < -0.3 is 15.3 Å². The molecule has 0 amide bonds. The number of hydrogen-bond donors (Lipinski definition) is 3. The molecule has 0 saturated carbocycles. The smallest absolute Gasteiger partial charge is 0.417 e. The summed E-state index contributed by atoms with van der Waals surface area (Å²) >= 11 is 0. The molecule has 4 nitrogen and oxygen atoms in total. The Labute approximate surface area is 201 Å². The van der Waals surface area contributed by atoms with Gasteiger partial charge in [0.1, 0.15) is 11.5 Å². The van der Waals surface area contributed by atoms with Crippen LogP contribution in [0.3, 0.4) is 0 Å². The third-order valence-electron chi connectivity index (χ3n) is 5.51. The van der Waals surface area contributed by atoms with Crippen molar-refractivity contribution in [3.8, 4) is 11.5 Å². The number of carboxylic acids is 1. The van der Waals surface area contributed by atoms with Crippen molar-refractivity contribution in [1.29, 1.82) is 0 Å². The van der Waals surface area contributed by atoms with Gasteiger partial charge in [-0.25, -0.2) is 4.79 Å². The highest BCUT2D eigenvalue weighted by Crippen LogP contribution is 2.40. The maximum absolute atomic E-state index is 14.0. The molecule has 0 spiro atoms. The van der Waals surface area contributed by atoms with E-state index in [0.717, 1.165) is 25.0 Å². The van der Waals surface area contributed by atoms with E-state index in [1.807, 2.05) is 6.92 Å². The van der Waals surface area contributed by atoms with E-state index in [1.54, 1.807) is 30.3 Å². The predicted octanol–water partition coefficient (Wildman–Crippen LogP) is 7.36. The second-order valence-corrected chi connectivity index (χ2v) is 8.02. The van der Waals surface area contributed by atoms with Gasteiger partial charge in [-0.2, -0.15) is 13.2 Å². The highest BCUT2D eigenvalue weighted by molar-refractivity contribution is 5.99. The molecular weight excluding hydrogens is 457 g/mol. The number of allylic oxidation sites excluding steroid dienone is 1. The molecule has 0 radical (unpaired) electrons. The summed E-state index contributed by atoms with van der Waals surface area (Å²) in [5.41, 5.74) is 1.93. The molecule has 0 saturated heterocycles. The average Bonchev–Trinajstić information content (AvgIpc) is 2.81. The van der Waals surface area contributed by atoms with Gasteiger partial charge in [0.15, 0.2) is 0 Å². The van der Waals surface area contributed by atoms with E-state index in [2.05, 4.69) is 0 Å². The van der Waals surface area contributed by atoms with Crippen LogP contribution in [0.5, 0.6) is 11.5 Å². The molecule has 7 heteroatoms. The Kier molecular flexibility index (Phi) is 8.02. The Morgan fingerprint density at radius 2 is 1.37 bits per heavy atom. The number of rotatable bonds is 8. The number of carbonyl (C=O) groups is 1. The highest BCUT2D eigenvalue weighted by Gasteiger charge is 2.33. The Morgan fingerprint density at radius 3 is 1.83 bits per heavy atom. The van der Waals surface area contributed by atoms with Crippen LogP contribution in [0.4, 0.5) is 13.2 Å². The van der Waals surface area contributed by atoms with Crippen molar-refractivity contribution in [3.63, 3.8) is 0 Å². The lowest BCUT2D eigenvalue weighted by Gasteiger charge is -2.20. The molecular formula is C28H25F3O4. The maximum atomic E-state index is 14.0. The molecule has 0 aliphatic heterocycles. The molecule has 0 unspecified atom stereocenters. The maximum Gasteiger partial charge on any atom is 0.417 e. The number of benzene rings is 3. The largest absolute Gasteiger partial charge is 0.508 e. The van der Waals surface area contributed by atoms with E-state index in [9.17, 15) is 28.2 Å². The summed E-state index contributed by atoms with van der Waals surface area (Å²) in [5.74, 6) is -1.22. The van der Waals surface area contributed by atoms with E-state index in [0.29, 0.717) is 40.3 Å². The quantitative estimate of drug-likeness (QED) is 0.231. The van der Waals surface area contributed by atoms with Crippen LogP contribution < -0.4 is 0 Å². The van der Waals surface area contributed by atoms with Gasteiger partial charge in [-0.15, -0.1) is 0 Å². The first-order valence-corrected chi connectivity index (χ1v) is 11.0. The van der Waals surface area contributed by atoms with E-state index in [-0.39, 0.29) is 17.1 Å². The molecule has 182 valence electrons. The molecule has 0 bridgehead atoms. The van der Waals surface area contributed by atoms with Gasteiger partial charge in [-0.3, -0.25) is 0 Å². The van der Waals surface area contributed by atoms with Crippen LogP contribution in [0, 0.1) is 0 Å². The molecule has 0 fully saturated rings. The lowest BCUT2D eigenvalue weighted by atomic mass is 9.86. The summed E-state index contributed by atoms with van der Waals surface area (Å²) in [4.78, 5) is 10.9. The molecule has 3 N–H and O–H groups in total. The van der Waals surface area contributed by atoms with Crippen LogP contribution in [-0.2, 0) is 11.0 Å². The fourth-order valence-corrected chi connectivity index (χ4v) is 3.83. The minimum absolute atomic E-state index is 0.0582. The second kappa shape index (κ2) is 11.0.